The number of anilines is 1. The Bertz CT molecular complexity index is 1020. The highest BCUT2D eigenvalue weighted by atomic mass is 32.2. The van der Waals surface area contributed by atoms with Gasteiger partial charge in [-0.05, 0) is 54.8 Å². The van der Waals surface area contributed by atoms with E-state index in [1.54, 1.807) is 0 Å². The van der Waals surface area contributed by atoms with Crippen LogP contribution in [-0.4, -0.2) is 37.0 Å². The average Bonchev–Trinajstić information content (AvgIpc) is 3.14. The normalized spacial score (nSPS) is 24.8. The van der Waals surface area contributed by atoms with Crippen LogP contribution >= 0.6 is 0 Å². The maximum Gasteiger partial charge on any atom is 0.243 e. The molecule has 0 aromatic heterocycles. The minimum absolute atomic E-state index is 0.0432. The summed E-state index contributed by atoms with van der Waals surface area (Å²) in [5.41, 5.74) is 2.71. The van der Waals surface area contributed by atoms with Gasteiger partial charge in [0.25, 0.3) is 0 Å². The summed E-state index contributed by atoms with van der Waals surface area (Å²) < 4.78 is 41.8. The van der Waals surface area contributed by atoms with E-state index in [9.17, 15) is 17.9 Å². The van der Waals surface area contributed by atoms with Crippen LogP contribution in [0.4, 0.5) is 10.1 Å². The van der Waals surface area contributed by atoms with E-state index in [1.165, 1.54) is 22.5 Å². The quantitative estimate of drug-likeness (QED) is 0.823. The molecule has 2 aliphatic heterocycles. The first-order valence-corrected chi connectivity index (χ1v) is 10.8. The van der Waals surface area contributed by atoms with Crippen molar-refractivity contribution in [1.29, 1.82) is 0 Å². The highest BCUT2D eigenvalue weighted by molar-refractivity contribution is 7.89. The van der Waals surface area contributed by atoms with E-state index < -0.39 is 21.9 Å². The van der Waals surface area contributed by atoms with Crippen molar-refractivity contribution >= 4 is 21.8 Å². The van der Waals surface area contributed by atoms with Gasteiger partial charge in [-0.2, -0.15) is 4.31 Å². The summed E-state index contributed by atoms with van der Waals surface area (Å²) in [6, 6.07) is 10.4. The number of aliphatic hydroxyl groups is 1. The Labute approximate surface area is 164 Å². The summed E-state index contributed by atoms with van der Waals surface area (Å²) >= 11 is 0. The first kappa shape index (κ1) is 19.1. The van der Waals surface area contributed by atoms with Crippen molar-refractivity contribution in [3.8, 4) is 0 Å². The summed E-state index contributed by atoms with van der Waals surface area (Å²) in [6.07, 6.45) is 4.53. The third-order valence-corrected chi connectivity index (χ3v) is 7.49. The third kappa shape index (κ3) is 3.13. The Morgan fingerprint density at radius 2 is 2.11 bits per heavy atom. The number of hydrogen-bond acceptors (Lipinski definition) is 4. The van der Waals surface area contributed by atoms with E-state index in [0.29, 0.717) is 13.0 Å². The highest BCUT2D eigenvalue weighted by Gasteiger charge is 2.48. The second kappa shape index (κ2) is 7.31. The minimum atomic E-state index is -3.87. The van der Waals surface area contributed by atoms with E-state index in [-0.39, 0.29) is 23.5 Å². The average molecular weight is 402 g/mol. The fourth-order valence-corrected chi connectivity index (χ4v) is 6.07. The monoisotopic (exact) mass is 402 g/mol. The molecular formula is C21H23FN2O3S. The highest BCUT2D eigenvalue weighted by Crippen LogP contribution is 2.48. The van der Waals surface area contributed by atoms with E-state index in [1.807, 2.05) is 37.3 Å². The second-order valence-electron chi connectivity index (χ2n) is 7.25. The molecule has 0 spiro atoms. The topological polar surface area (TPSA) is 69.6 Å². The van der Waals surface area contributed by atoms with Crippen LogP contribution in [0.1, 0.15) is 30.5 Å². The maximum absolute atomic E-state index is 13.7. The number of rotatable bonds is 4. The summed E-state index contributed by atoms with van der Waals surface area (Å²) in [6.45, 7) is 2.18. The van der Waals surface area contributed by atoms with Gasteiger partial charge in [0, 0.05) is 18.2 Å². The van der Waals surface area contributed by atoms with Crippen molar-refractivity contribution in [3.63, 3.8) is 0 Å². The lowest BCUT2D eigenvalue weighted by molar-refractivity contribution is 0.210. The van der Waals surface area contributed by atoms with Crippen LogP contribution < -0.4 is 5.32 Å². The Balaban J connectivity index is 1.82. The van der Waals surface area contributed by atoms with Crippen LogP contribution in [-0.2, 0) is 10.0 Å². The Morgan fingerprint density at radius 1 is 1.29 bits per heavy atom. The third-order valence-electron chi connectivity index (χ3n) is 5.61. The largest absolute Gasteiger partial charge is 0.394 e. The molecule has 0 unspecified atom stereocenters. The van der Waals surface area contributed by atoms with Crippen molar-refractivity contribution in [2.75, 3.05) is 18.5 Å². The lowest BCUT2D eigenvalue weighted by atomic mass is 9.83. The zero-order valence-corrected chi connectivity index (χ0v) is 16.4. The van der Waals surface area contributed by atoms with Gasteiger partial charge in [0.1, 0.15) is 5.82 Å². The molecule has 28 heavy (non-hydrogen) atoms. The first-order valence-electron chi connectivity index (χ1n) is 9.37. The molecule has 2 aromatic carbocycles. The summed E-state index contributed by atoms with van der Waals surface area (Å²) in [5, 5.41) is 13.2. The standard InChI is InChI=1S/C21H23FN2O3S/c1-2-4-14-7-8-19-18(11-14)21-17(20(13-25)23-19)9-10-24(21)28(26,27)16-6-3-5-15(22)12-16/h2-8,11-12,17,20-21,23,25H,9-10,13H2,1H3/b4-2+/t17-,20-,21-/m1/s1. The van der Waals surface area contributed by atoms with Gasteiger partial charge in [-0.15, -0.1) is 0 Å². The molecule has 148 valence electrons. The smallest absolute Gasteiger partial charge is 0.243 e. The molecule has 2 aliphatic rings. The van der Waals surface area contributed by atoms with Gasteiger partial charge in [0.2, 0.25) is 10.0 Å². The predicted molar refractivity (Wildman–Crippen MR) is 107 cm³/mol. The molecule has 5 nitrogen and oxygen atoms in total. The molecule has 2 aromatic rings. The summed E-state index contributed by atoms with van der Waals surface area (Å²) in [4.78, 5) is -0.0432. The lowest BCUT2D eigenvalue weighted by Gasteiger charge is -2.39. The maximum atomic E-state index is 13.7. The Morgan fingerprint density at radius 3 is 2.82 bits per heavy atom. The number of halogens is 1. The van der Waals surface area contributed by atoms with Gasteiger partial charge < -0.3 is 10.4 Å². The van der Waals surface area contributed by atoms with Gasteiger partial charge >= 0.3 is 0 Å². The fourth-order valence-electron chi connectivity index (χ4n) is 4.37. The molecule has 4 rings (SSSR count). The van der Waals surface area contributed by atoms with Gasteiger partial charge in [-0.1, -0.05) is 24.3 Å². The molecule has 0 bridgehead atoms. The van der Waals surface area contributed by atoms with Gasteiger partial charge in [0.05, 0.1) is 23.6 Å². The van der Waals surface area contributed by atoms with Gasteiger partial charge in [-0.3, -0.25) is 0 Å². The van der Waals surface area contributed by atoms with E-state index in [0.717, 1.165) is 22.9 Å². The van der Waals surface area contributed by atoms with E-state index >= 15 is 0 Å². The fraction of sp³-hybridized carbons (Fsp3) is 0.333. The van der Waals surface area contributed by atoms with Crippen LogP contribution in [0.2, 0.25) is 0 Å². The number of sulfonamides is 1. The summed E-state index contributed by atoms with van der Waals surface area (Å²) in [5.74, 6) is -0.632. The molecule has 1 saturated heterocycles. The molecule has 2 heterocycles. The number of allylic oxidation sites excluding steroid dienone is 1. The van der Waals surface area contributed by atoms with Crippen LogP contribution in [0.15, 0.2) is 53.4 Å². The molecule has 0 amide bonds. The number of aliphatic hydroxyl groups excluding tert-OH is 1. The second-order valence-corrected chi connectivity index (χ2v) is 9.14. The Hall–Kier alpha value is -2.22. The van der Waals surface area contributed by atoms with Crippen molar-refractivity contribution in [3.05, 3.63) is 65.5 Å². The van der Waals surface area contributed by atoms with Gasteiger partial charge in [0.15, 0.2) is 0 Å². The molecular weight excluding hydrogens is 379 g/mol. The first-order chi connectivity index (χ1) is 13.5. The Kier molecular flexibility index (Phi) is 4.99. The van der Waals surface area contributed by atoms with Crippen molar-refractivity contribution < 1.29 is 17.9 Å². The number of nitrogens with one attached hydrogen (secondary N) is 1. The molecule has 1 fully saturated rings. The zero-order valence-electron chi connectivity index (χ0n) is 15.5. The van der Waals surface area contributed by atoms with E-state index in [4.69, 9.17) is 0 Å². The molecule has 3 atom stereocenters. The van der Waals surface area contributed by atoms with Crippen molar-refractivity contribution in [2.24, 2.45) is 5.92 Å². The van der Waals surface area contributed by atoms with Crippen LogP contribution in [0.3, 0.4) is 0 Å². The predicted octanol–water partition coefficient (Wildman–Crippen LogP) is 3.40. The molecule has 0 radical (unpaired) electrons. The van der Waals surface area contributed by atoms with E-state index in [2.05, 4.69) is 5.32 Å². The van der Waals surface area contributed by atoms with Crippen molar-refractivity contribution in [1.82, 2.24) is 4.31 Å². The molecule has 0 aliphatic carbocycles. The number of benzene rings is 2. The van der Waals surface area contributed by atoms with Crippen LogP contribution in [0, 0.1) is 11.7 Å². The van der Waals surface area contributed by atoms with Crippen LogP contribution in [0.5, 0.6) is 0 Å². The van der Waals surface area contributed by atoms with Crippen LogP contribution in [0.25, 0.3) is 6.08 Å². The zero-order chi connectivity index (χ0) is 19.9. The molecule has 2 N–H and O–H groups in total. The number of hydrogen-bond donors (Lipinski definition) is 2. The van der Waals surface area contributed by atoms with Gasteiger partial charge in [-0.25, -0.2) is 12.8 Å². The number of fused-ring (bicyclic) bond motifs is 3. The van der Waals surface area contributed by atoms with Crippen molar-refractivity contribution in [2.45, 2.75) is 30.3 Å². The minimum Gasteiger partial charge on any atom is -0.394 e. The molecule has 0 saturated carbocycles. The number of nitrogens with zero attached hydrogens (tertiary/aromatic N) is 1. The summed E-state index contributed by atoms with van der Waals surface area (Å²) in [7, 11) is -3.87. The molecule has 7 heteroatoms. The lowest BCUT2D eigenvalue weighted by Crippen LogP contribution is -2.42. The SMILES string of the molecule is C/C=C/c1ccc2c(c1)[C@H]1[C@H](CCN1S(=O)(=O)c1cccc(F)c1)[C@@H](CO)N2.